The summed E-state index contributed by atoms with van der Waals surface area (Å²) in [4.78, 5) is 5.18. The van der Waals surface area contributed by atoms with Crippen molar-refractivity contribution < 1.29 is 0 Å². The van der Waals surface area contributed by atoms with Crippen LogP contribution >= 0.6 is 0 Å². The highest BCUT2D eigenvalue weighted by Crippen LogP contribution is 2.61. The number of rotatable bonds is 9. The molecule has 0 heterocycles. The number of para-hydroxylation sites is 1. The quantitative estimate of drug-likeness (QED) is 0.142. The van der Waals surface area contributed by atoms with Gasteiger partial charge in [-0.1, -0.05) is 154 Å². The summed E-state index contributed by atoms with van der Waals surface area (Å²) in [6.45, 7) is 4.88. The van der Waals surface area contributed by atoms with Crippen molar-refractivity contribution in [1.82, 2.24) is 0 Å². The summed E-state index contributed by atoms with van der Waals surface area (Å²) in [5, 5.41) is 0. The van der Waals surface area contributed by atoms with Crippen LogP contribution in [-0.2, 0) is 36.5 Å². The van der Waals surface area contributed by atoms with E-state index in [1.54, 1.807) is 5.56 Å². The molecule has 10 aliphatic rings. The van der Waals surface area contributed by atoms with E-state index in [4.69, 9.17) is 0 Å². The van der Waals surface area contributed by atoms with Gasteiger partial charge < -0.3 is 9.80 Å². The third kappa shape index (κ3) is 7.98. The second kappa shape index (κ2) is 18.1. The maximum absolute atomic E-state index is 2.65. The van der Waals surface area contributed by atoms with Gasteiger partial charge in [0.25, 0.3) is 0 Å². The zero-order valence-electron chi connectivity index (χ0n) is 43.1. The summed E-state index contributed by atoms with van der Waals surface area (Å²) in [6.07, 6.45) is 19.1. The minimum atomic E-state index is -0.157. The number of fused-ring (bicyclic) bond motifs is 3. The van der Waals surface area contributed by atoms with Gasteiger partial charge in [-0.3, -0.25) is 0 Å². The zero-order valence-corrected chi connectivity index (χ0v) is 43.1. The van der Waals surface area contributed by atoms with Gasteiger partial charge in [0.1, 0.15) is 0 Å². The van der Waals surface area contributed by atoms with Crippen LogP contribution in [0.15, 0.2) is 182 Å². The molecule has 0 unspecified atom stereocenters. The van der Waals surface area contributed by atoms with Crippen LogP contribution in [0.4, 0.5) is 34.1 Å². The Balaban J connectivity index is 0.856. The molecule has 0 saturated heterocycles. The average Bonchev–Trinajstić information content (AvgIpc) is 3.66. The maximum atomic E-state index is 2.65. The van der Waals surface area contributed by atoms with Crippen LogP contribution in [0.25, 0.3) is 22.3 Å². The highest BCUT2D eigenvalue weighted by atomic mass is 15.2. The van der Waals surface area contributed by atoms with E-state index in [9.17, 15) is 0 Å². The summed E-state index contributed by atoms with van der Waals surface area (Å²) in [6, 6.07) is 71.1. The molecule has 5 fully saturated rings. The van der Waals surface area contributed by atoms with Crippen molar-refractivity contribution in [3.8, 4) is 22.3 Å². The van der Waals surface area contributed by atoms with Crippen LogP contribution in [0.1, 0.15) is 135 Å². The molecule has 8 aromatic rings. The first-order chi connectivity index (χ1) is 35.8. The van der Waals surface area contributed by atoms with E-state index in [1.807, 2.05) is 0 Å². The molecule has 8 aromatic carbocycles. The van der Waals surface area contributed by atoms with E-state index >= 15 is 0 Å². The van der Waals surface area contributed by atoms with Gasteiger partial charge >= 0.3 is 0 Å². The van der Waals surface area contributed by atoms with Gasteiger partial charge in [-0.2, -0.15) is 0 Å². The number of benzene rings is 8. The Bertz CT molecular complexity index is 3280. The smallest absolute Gasteiger partial charge is 0.0496 e. The maximum Gasteiger partial charge on any atom is 0.0496 e. The van der Waals surface area contributed by atoms with Crippen molar-refractivity contribution >= 4 is 34.1 Å². The Morgan fingerprint density at radius 3 is 1.59 bits per heavy atom. The summed E-state index contributed by atoms with van der Waals surface area (Å²) in [5.74, 6) is 3.46. The number of nitrogens with zero attached hydrogens (tertiary/aromatic N) is 2. The average molecular weight is 951 g/mol. The van der Waals surface area contributed by atoms with Crippen molar-refractivity contribution in [3.63, 3.8) is 0 Å². The summed E-state index contributed by atoms with van der Waals surface area (Å²) in [7, 11) is 0. The molecule has 0 atom stereocenters. The molecular weight excluding hydrogens is 881 g/mol. The fourth-order valence-electron chi connectivity index (χ4n) is 15.9. The SMILES string of the molecule is CC1(C)c2cc(N(c3ccc(C45CC6CC(CC(C6)C4)C5)cc3)c3cc4ccc3CCc3ccc(c(N(c5ccccc5)c5ccc(C6CCCCC6)cc5)c3)CC4)ccc2-c2c(-c3ccccc3)cccc21. The molecular formula is C71H70N2. The van der Waals surface area contributed by atoms with Gasteiger partial charge in [0.2, 0.25) is 0 Å². The van der Waals surface area contributed by atoms with Crippen LogP contribution in [0.5, 0.6) is 0 Å². The second-order valence-corrected chi connectivity index (χ2v) is 24.1. The largest absolute Gasteiger partial charge is 0.310 e. The van der Waals surface area contributed by atoms with Crippen LogP contribution in [0, 0.1) is 17.8 Å². The Kier molecular flexibility index (Phi) is 11.1. The molecule has 364 valence electrons. The molecule has 5 saturated carbocycles. The van der Waals surface area contributed by atoms with Crippen molar-refractivity contribution in [1.29, 1.82) is 0 Å². The van der Waals surface area contributed by atoms with Crippen LogP contribution in [0.3, 0.4) is 0 Å². The lowest BCUT2D eigenvalue weighted by molar-refractivity contribution is -0.00518. The minimum absolute atomic E-state index is 0.157. The third-order valence-corrected chi connectivity index (χ3v) is 19.2. The predicted molar refractivity (Wildman–Crippen MR) is 306 cm³/mol. The van der Waals surface area contributed by atoms with Crippen LogP contribution < -0.4 is 9.80 Å². The van der Waals surface area contributed by atoms with E-state index in [1.165, 1.54) is 166 Å². The van der Waals surface area contributed by atoms with E-state index in [2.05, 4.69) is 206 Å². The van der Waals surface area contributed by atoms with E-state index in [-0.39, 0.29) is 5.41 Å². The molecule has 18 rings (SSSR count). The van der Waals surface area contributed by atoms with Crippen LogP contribution in [0.2, 0.25) is 0 Å². The molecule has 0 aliphatic heterocycles. The van der Waals surface area contributed by atoms with Crippen molar-refractivity contribution in [2.45, 2.75) is 127 Å². The first-order valence-corrected chi connectivity index (χ1v) is 28.3. The Morgan fingerprint density at radius 2 is 0.973 bits per heavy atom. The number of aryl methyl sites for hydroxylation is 4. The van der Waals surface area contributed by atoms with E-state index in [0.29, 0.717) is 11.3 Å². The fourth-order valence-corrected chi connectivity index (χ4v) is 15.9. The van der Waals surface area contributed by atoms with Crippen LogP contribution in [-0.4, -0.2) is 0 Å². The lowest BCUT2D eigenvalue weighted by Gasteiger charge is -2.57. The molecule has 0 spiro atoms. The zero-order chi connectivity index (χ0) is 48.7. The molecule has 0 N–H and O–H groups in total. The molecule has 8 bridgehead atoms. The highest BCUT2D eigenvalue weighted by Gasteiger charge is 2.51. The fraction of sp³-hybridized carbons (Fsp3) is 0.324. The number of hydrogen-bond acceptors (Lipinski definition) is 2. The number of hydrogen-bond donors (Lipinski definition) is 0. The minimum Gasteiger partial charge on any atom is -0.310 e. The molecule has 2 heteroatoms. The molecule has 10 aliphatic carbocycles. The Labute approximate surface area is 435 Å². The lowest BCUT2D eigenvalue weighted by atomic mass is 9.48. The normalized spacial score (nSPS) is 22.4. The van der Waals surface area contributed by atoms with Gasteiger partial charge in [-0.05, 0) is 234 Å². The van der Waals surface area contributed by atoms with E-state index in [0.717, 1.165) is 43.4 Å². The van der Waals surface area contributed by atoms with Gasteiger partial charge in [-0.15, -0.1) is 0 Å². The third-order valence-electron chi connectivity index (χ3n) is 19.2. The standard InChI is InChI=1S/C71H70N2/c1-70(2)65-20-12-19-63(55-15-8-4-9-16-55)69(65)64-38-37-62(44-66(64)70)73(61-35-31-58(32-36-61)71-45-50-39-51(46-71)41-52(40-50)47-71)68-43-49-22-26-56-25-21-48(23-27-57(68)28-24-49)42-67(56)72(59-17-10-5-11-18-59)60-33-29-54(30-34-60)53-13-6-3-7-14-53/h4-5,8-12,15-21,24-25,28-38,42-44,50-53H,3,6-7,13-14,22-23,26-27,39-41,45-47H2,1-2H3. The Morgan fingerprint density at radius 1 is 0.425 bits per heavy atom. The summed E-state index contributed by atoms with van der Waals surface area (Å²) < 4.78 is 0. The first-order valence-electron chi connectivity index (χ1n) is 28.3. The molecule has 2 nitrogen and oxygen atoms in total. The highest BCUT2D eigenvalue weighted by molar-refractivity contribution is 5.94. The van der Waals surface area contributed by atoms with E-state index < -0.39 is 0 Å². The topological polar surface area (TPSA) is 6.48 Å². The van der Waals surface area contributed by atoms with Gasteiger partial charge in [0, 0.05) is 39.5 Å². The van der Waals surface area contributed by atoms with Gasteiger partial charge in [0.15, 0.2) is 0 Å². The van der Waals surface area contributed by atoms with Gasteiger partial charge in [-0.25, -0.2) is 0 Å². The van der Waals surface area contributed by atoms with Gasteiger partial charge in [0.05, 0.1) is 0 Å². The summed E-state index contributed by atoms with van der Waals surface area (Å²) >= 11 is 0. The molecule has 73 heavy (non-hydrogen) atoms. The molecule has 0 radical (unpaired) electrons. The van der Waals surface area contributed by atoms with Crippen molar-refractivity contribution in [2.24, 2.45) is 17.8 Å². The second-order valence-electron chi connectivity index (χ2n) is 24.1. The van der Waals surface area contributed by atoms with Crippen molar-refractivity contribution in [3.05, 3.63) is 226 Å². The molecule has 0 aromatic heterocycles. The Hall–Kier alpha value is -6.64. The lowest BCUT2D eigenvalue weighted by Crippen LogP contribution is -2.48. The monoisotopic (exact) mass is 951 g/mol. The number of anilines is 6. The predicted octanol–water partition coefficient (Wildman–Crippen LogP) is 19.0. The first kappa shape index (κ1) is 45.0. The summed E-state index contributed by atoms with van der Waals surface area (Å²) in [5.41, 5.74) is 24.6. The molecule has 0 amide bonds. The van der Waals surface area contributed by atoms with Crippen molar-refractivity contribution in [2.75, 3.05) is 9.80 Å².